The second-order valence-electron chi connectivity index (χ2n) is 6.93. The summed E-state index contributed by atoms with van der Waals surface area (Å²) in [6.45, 7) is 5.44. The molecule has 8 heteroatoms. The number of sulfonamides is 1. The number of nitrogens with zero attached hydrogens (tertiary/aromatic N) is 4. The van der Waals surface area contributed by atoms with Gasteiger partial charge in [0.05, 0.1) is 12.4 Å². The van der Waals surface area contributed by atoms with E-state index in [1.54, 1.807) is 0 Å². The van der Waals surface area contributed by atoms with Gasteiger partial charge in [0, 0.05) is 19.6 Å². The van der Waals surface area contributed by atoms with Gasteiger partial charge in [0.15, 0.2) is 0 Å². The number of primary sulfonamides is 1. The van der Waals surface area contributed by atoms with Gasteiger partial charge in [0.25, 0.3) is 0 Å². The van der Waals surface area contributed by atoms with Crippen LogP contribution in [0.25, 0.3) is 0 Å². The minimum atomic E-state index is -3.73. The molecule has 0 aliphatic carbocycles. The lowest BCUT2D eigenvalue weighted by atomic mass is 9.97. The highest BCUT2D eigenvalue weighted by atomic mass is 32.2. The number of nitrogens with two attached hydrogens (primary N) is 1. The van der Waals surface area contributed by atoms with E-state index in [1.165, 1.54) is 57.6 Å². The topological polar surface area (TPSA) is 92.4 Å². The summed E-state index contributed by atoms with van der Waals surface area (Å²) in [4.78, 5) is 13.1. The Bertz CT molecular complexity index is 626. The van der Waals surface area contributed by atoms with Crippen LogP contribution in [0.3, 0.4) is 0 Å². The third-order valence-electron chi connectivity index (χ3n) is 4.96. The van der Waals surface area contributed by atoms with E-state index >= 15 is 0 Å². The lowest BCUT2D eigenvalue weighted by Gasteiger charge is -2.35. The molecule has 3 heterocycles. The lowest BCUT2D eigenvalue weighted by molar-refractivity contribution is 0.222. The molecule has 0 radical (unpaired) electrons. The molecule has 0 saturated carbocycles. The van der Waals surface area contributed by atoms with Gasteiger partial charge >= 0.3 is 0 Å². The van der Waals surface area contributed by atoms with Gasteiger partial charge in [-0.2, -0.15) is 0 Å². The number of likely N-dealkylation sites (tertiary alicyclic amines) is 1. The van der Waals surface area contributed by atoms with E-state index in [1.807, 2.05) is 0 Å². The fourth-order valence-corrected chi connectivity index (χ4v) is 4.10. The van der Waals surface area contributed by atoms with E-state index in [0.717, 1.165) is 26.1 Å². The molecule has 24 heavy (non-hydrogen) atoms. The Morgan fingerprint density at radius 2 is 1.71 bits per heavy atom. The number of hydrogen-bond donors (Lipinski definition) is 1. The van der Waals surface area contributed by atoms with Crippen molar-refractivity contribution < 1.29 is 8.42 Å². The first-order chi connectivity index (χ1) is 11.5. The van der Waals surface area contributed by atoms with Crippen LogP contribution >= 0.6 is 0 Å². The maximum Gasteiger partial charge on any atom is 0.241 e. The Balaban J connectivity index is 1.60. The number of aromatic nitrogens is 2. The molecule has 0 aromatic carbocycles. The normalized spacial score (nSPS) is 23.9. The molecule has 1 aromatic heterocycles. The second kappa shape index (κ2) is 7.76. The predicted octanol–water partition coefficient (Wildman–Crippen LogP) is 1.22. The maximum absolute atomic E-state index is 11.3. The van der Waals surface area contributed by atoms with Gasteiger partial charge in [-0.25, -0.2) is 23.5 Å². The molecule has 2 aliphatic heterocycles. The van der Waals surface area contributed by atoms with Crippen LogP contribution < -0.4 is 10.0 Å². The Labute approximate surface area is 144 Å². The molecule has 0 spiro atoms. The molecule has 3 rings (SSSR count). The van der Waals surface area contributed by atoms with Gasteiger partial charge in [0.2, 0.25) is 16.0 Å². The summed E-state index contributed by atoms with van der Waals surface area (Å²) in [6.07, 6.45) is 10.3. The van der Waals surface area contributed by atoms with Crippen LogP contribution in [-0.2, 0) is 10.0 Å². The van der Waals surface area contributed by atoms with Crippen molar-refractivity contribution in [2.45, 2.75) is 43.4 Å². The highest BCUT2D eigenvalue weighted by Gasteiger charge is 2.24. The summed E-state index contributed by atoms with van der Waals surface area (Å²) in [7, 11) is -3.73. The fraction of sp³-hybridized carbons (Fsp3) is 0.750. The van der Waals surface area contributed by atoms with E-state index in [0.29, 0.717) is 11.9 Å². The third kappa shape index (κ3) is 4.64. The van der Waals surface area contributed by atoms with Crippen LogP contribution in [0.5, 0.6) is 0 Å². The Morgan fingerprint density at radius 1 is 1.04 bits per heavy atom. The van der Waals surface area contributed by atoms with Crippen LogP contribution in [0.1, 0.15) is 38.5 Å². The Hall–Kier alpha value is -1.25. The number of hydrogen-bond acceptors (Lipinski definition) is 6. The average molecular weight is 353 g/mol. The molecule has 1 aromatic rings. The van der Waals surface area contributed by atoms with Crippen LogP contribution in [0.2, 0.25) is 0 Å². The number of piperidine rings is 1. The van der Waals surface area contributed by atoms with Crippen LogP contribution in [0, 0.1) is 5.92 Å². The zero-order valence-electron chi connectivity index (χ0n) is 14.1. The van der Waals surface area contributed by atoms with E-state index in [-0.39, 0.29) is 4.90 Å². The fourth-order valence-electron chi connectivity index (χ4n) is 3.70. The maximum atomic E-state index is 11.3. The smallest absolute Gasteiger partial charge is 0.241 e. The van der Waals surface area contributed by atoms with E-state index in [4.69, 9.17) is 5.14 Å². The molecule has 1 unspecified atom stereocenters. The van der Waals surface area contributed by atoms with Gasteiger partial charge in [0.1, 0.15) is 4.90 Å². The van der Waals surface area contributed by atoms with Crippen molar-refractivity contribution in [2.24, 2.45) is 11.1 Å². The van der Waals surface area contributed by atoms with Crippen molar-refractivity contribution in [1.29, 1.82) is 0 Å². The van der Waals surface area contributed by atoms with E-state index in [2.05, 4.69) is 19.8 Å². The molecule has 1 atom stereocenters. The standard InChI is InChI=1S/C16H27N5O2S/c17-24(22,23)15-10-18-16(19-11-15)21-9-5-6-14(13-21)12-20-7-3-1-2-4-8-20/h10-11,14H,1-9,12-13H2,(H2,17,22,23). The average Bonchev–Trinajstić information content (AvgIpc) is 2.83. The molecular formula is C16H27N5O2S. The summed E-state index contributed by atoms with van der Waals surface area (Å²) in [5.41, 5.74) is 0. The predicted molar refractivity (Wildman–Crippen MR) is 93.3 cm³/mol. The molecule has 134 valence electrons. The van der Waals surface area contributed by atoms with Crippen molar-refractivity contribution in [3.8, 4) is 0 Å². The van der Waals surface area contributed by atoms with E-state index in [9.17, 15) is 8.42 Å². The van der Waals surface area contributed by atoms with Crippen molar-refractivity contribution in [3.05, 3.63) is 12.4 Å². The largest absolute Gasteiger partial charge is 0.341 e. The van der Waals surface area contributed by atoms with Crippen molar-refractivity contribution in [2.75, 3.05) is 37.6 Å². The van der Waals surface area contributed by atoms with Crippen LogP contribution in [0.15, 0.2) is 17.3 Å². The van der Waals surface area contributed by atoms with Crippen molar-refractivity contribution in [1.82, 2.24) is 14.9 Å². The van der Waals surface area contributed by atoms with Crippen molar-refractivity contribution >= 4 is 16.0 Å². The first-order valence-corrected chi connectivity index (χ1v) is 10.4. The van der Waals surface area contributed by atoms with Gasteiger partial charge < -0.3 is 9.80 Å². The molecular weight excluding hydrogens is 326 g/mol. The van der Waals surface area contributed by atoms with Crippen molar-refractivity contribution in [3.63, 3.8) is 0 Å². The van der Waals surface area contributed by atoms with Gasteiger partial charge in [-0.3, -0.25) is 0 Å². The Morgan fingerprint density at radius 3 is 2.33 bits per heavy atom. The summed E-state index contributed by atoms with van der Waals surface area (Å²) < 4.78 is 22.6. The molecule has 2 saturated heterocycles. The zero-order valence-corrected chi connectivity index (χ0v) is 14.9. The SMILES string of the molecule is NS(=O)(=O)c1cnc(N2CCCC(CN3CCCCCC3)C2)nc1. The minimum absolute atomic E-state index is 0.0376. The Kier molecular flexibility index (Phi) is 5.68. The highest BCUT2D eigenvalue weighted by Crippen LogP contribution is 2.22. The van der Waals surface area contributed by atoms with Crippen LogP contribution in [-0.4, -0.2) is 56.0 Å². The molecule has 2 fully saturated rings. The van der Waals surface area contributed by atoms with Gasteiger partial charge in [-0.15, -0.1) is 0 Å². The summed E-state index contributed by atoms with van der Waals surface area (Å²) in [6, 6.07) is 0. The first kappa shape index (κ1) is 17.6. The minimum Gasteiger partial charge on any atom is -0.341 e. The second-order valence-corrected chi connectivity index (χ2v) is 8.49. The van der Waals surface area contributed by atoms with Crippen LogP contribution in [0.4, 0.5) is 5.95 Å². The number of anilines is 1. The third-order valence-corrected chi connectivity index (χ3v) is 5.83. The molecule has 7 nitrogen and oxygen atoms in total. The van der Waals surface area contributed by atoms with Gasteiger partial charge in [-0.05, 0) is 44.7 Å². The number of rotatable bonds is 4. The molecule has 0 bridgehead atoms. The summed E-state index contributed by atoms with van der Waals surface area (Å²) in [5.74, 6) is 1.22. The molecule has 2 N–H and O–H groups in total. The summed E-state index contributed by atoms with van der Waals surface area (Å²) >= 11 is 0. The quantitative estimate of drug-likeness (QED) is 0.875. The monoisotopic (exact) mass is 353 g/mol. The zero-order chi connectivity index (χ0) is 17.0. The first-order valence-electron chi connectivity index (χ1n) is 8.84. The van der Waals surface area contributed by atoms with Gasteiger partial charge in [-0.1, -0.05) is 12.8 Å². The summed E-state index contributed by atoms with van der Waals surface area (Å²) in [5, 5.41) is 5.10. The molecule has 2 aliphatic rings. The lowest BCUT2D eigenvalue weighted by Crippen LogP contribution is -2.42. The molecule has 0 amide bonds. The van der Waals surface area contributed by atoms with E-state index < -0.39 is 10.0 Å². The highest BCUT2D eigenvalue weighted by molar-refractivity contribution is 7.89.